The zero-order chi connectivity index (χ0) is 17.2. The topological polar surface area (TPSA) is 57.7 Å². The molecular formula is C18H26N2O3S. The molecule has 2 heterocycles. The number of sulfone groups is 1. The van der Waals surface area contributed by atoms with E-state index >= 15 is 0 Å². The highest BCUT2D eigenvalue weighted by molar-refractivity contribution is 7.91. The summed E-state index contributed by atoms with van der Waals surface area (Å²) < 4.78 is 24.6. The summed E-state index contributed by atoms with van der Waals surface area (Å²) in [5.41, 5.74) is 0.321. The van der Waals surface area contributed by atoms with Crippen LogP contribution < -0.4 is 0 Å². The molecule has 0 radical (unpaired) electrons. The first kappa shape index (κ1) is 17.4. The summed E-state index contributed by atoms with van der Waals surface area (Å²) in [6.45, 7) is 5.27. The maximum absolute atomic E-state index is 13.0. The van der Waals surface area contributed by atoms with Gasteiger partial charge in [0.2, 0.25) is 0 Å². The first-order chi connectivity index (χ1) is 11.5. The molecule has 6 heteroatoms. The summed E-state index contributed by atoms with van der Waals surface area (Å²) in [5.74, 6) is -0.139. The lowest BCUT2D eigenvalue weighted by atomic mass is 10.0. The molecule has 24 heavy (non-hydrogen) atoms. The Labute approximate surface area is 144 Å². The van der Waals surface area contributed by atoms with Crippen LogP contribution in [-0.4, -0.2) is 62.1 Å². The molecule has 1 amide bonds. The smallest absolute Gasteiger partial charge is 0.255 e. The zero-order valence-electron chi connectivity index (χ0n) is 14.3. The van der Waals surface area contributed by atoms with E-state index in [-0.39, 0.29) is 16.6 Å². The van der Waals surface area contributed by atoms with Crippen LogP contribution in [-0.2, 0) is 9.84 Å². The first-order valence-corrected chi connectivity index (χ1v) is 10.5. The second-order valence-corrected chi connectivity index (χ2v) is 8.94. The Hall–Kier alpha value is -1.40. The third-order valence-corrected chi connectivity index (χ3v) is 6.96. The van der Waals surface area contributed by atoms with Crippen LogP contribution in [0.1, 0.15) is 43.0 Å². The SMILES string of the molecule is CCS(=O)(=O)c1ccccc1C(=O)N1CCCC(N2CCCC2)C1. The summed E-state index contributed by atoms with van der Waals surface area (Å²) in [6.07, 6.45) is 4.58. The first-order valence-electron chi connectivity index (χ1n) is 8.88. The molecule has 0 aromatic heterocycles. The van der Waals surface area contributed by atoms with Gasteiger partial charge in [0.25, 0.3) is 5.91 Å². The number of hydrogen-bond donors (Lipinski definition) is 0. The highest BCUT2D eigenvalue weighted by Crippen LogP contribution is 2.24. The van der Waals surface area contributed by atoms with E-state index in [0.29, 0.717) is 24.7 Å². The second-order valence-electron chi connectivity index (χ2n) is 6.69. The number of piperidine rings is 1. The molecule has 2 aliphatic rings. The molecule has 1 unspecified atom stereocenters. The Morgan fingerprint density at radius 3 is 2.54 bits per heavy atom. The molecular weight excluding hydrogens is 324 g/mol. The van der Waals surface area contributed by atoms with Crippen molar-refractivity contribution in [2.75, 3.05) is 31.9 Å². The normalized spacial score (nSPS) is 22.7. The van der Waals surface area contributed by atoms with Crippen LogP contribution in [0.2, 0.25) is 0 Å². The molecule has 2 saturated heterocycles. The van der Waals surface area contributed by atoms with E-state index in [2.05, 4.69) is 4.90 Å². The fourth-order valence-electron chi connectivity index (χ4n) is 3.78. The molecule has 0 spiro atoms. The summed E-state index contributed by atoms with van der Waals surface area (Å²) in [6, 6.07) is 7.03. The van der Waals surface area contributed by atoms with Crippen LogP contribution in [0.25, 0.3) is 0 Å². The van der Waals surface area contributed by atoms with E-state index < -0.39 is 9.84 Å². The monoisotopic (exact) mass is 350 g/mol. The van der Waals surface area contributed by atoms with E-state index in [1.54, 1.807) is 31.2 Å². The Bertz CT molecular complexity index is 696. The van der Waals surface area contributed by atoms with E-state index in [0.717, 1.165) is 25.9 Å². The minimum Gasteiger partial charge on any atom is -0.337 e. The minimum atomic E-state index is -3.40. The largest absolute Gasteiger partial charge is 0.337 e. The number of hydrogen-bond acceptors (Lipinski definition) is 4. The van der Waals surface area contributed by atoms with Gasteiger partial charge in [-0.3, -0.25) is 9.69 Å². The van der Waals surface area contributed by atoms with Gasteiger partial charge in [-0.1, -0.05) is 19.1 Å². The molecule has 5 nitrogen and oxygen atoms in total. The number of carbonyl (C=O) groups excluding carboxylic acids is 1. The lowest BCUT2D eigenvalue weighted by Gasteiger charge is -2.37. The van der Waals surface area contributed by atoms with Crippen LogP contribution in [0.5, 0.6) is 0 Å². The average Bonchev–Trinajstić information content (AvgIpc) is 3.16. The van der Waals surface area contributed by atoms with Gasteiger partial charge >= 0.3 is 0 Å². The van der Waals surface area contributed by atoms with Crippen LogP contribution in [0.4, 0.5) is 0 Å². The average molecular weight is 350 g/mol. The summed E-state index contributed by atoms with van der Waals surface area (Å²) in [5, 5.41) is 0. The zero-order valence-corrected chi connectivity index (χ0v) is 15.1. The lowest BCUT2D eigenvalue weighted by Crippen LogP contribution is -2.49. The van der Waals surface area contributed by atoms with E-state index in [4.69, 9.17) is 0 Å². The van der Waals surface area contributed by atoms with Gasteiger partial charge in [0.15, 0.2) is 9.84 Å². The molecule has 1 aromatic rings. The van der Waals surface area contributed by atoms with E-state index in [1.165, 1.54) is 12.8 Å². The van der Waals surface area contributed by atoms with Crippen LogP contribution in [0, 0.1) is 0 Å². The van der Waals surface area contributed by atoms with Crippen molar-refractivity contribution >= 4 is 15.7 Å². The fourth-order valence-corrected chi connectivity index (χ4v) is 4.87. The van der Waals surface area contributed by atoms with Crippen LogP contribution >= 0.6 is 0 Å². The van der Waals surface area contributed by atoms with Crippen molar-refractivity contribution in [1.29, 1.82) is 0 Å². The van der Waals surface area contributed by atoms with Crippen molar-refractivity contribution in [2.45, 2.75) is 43.5 Å². The van der Waals surface area contributed by atoms with E-state index in [9.17, 15) is 13.2 Å². The standard InChI is InChI=1S/C18H26N2O3S/c1-2-24(22,23)17-10-4-3-9-16(17)18(21)20-13-7-8-15(14-20)19-11-5-6-12-19/h3-4,9-10,15H,2,5-8,11-14H2,1H3. The van der Waals surface area contributed by atoms with Gasteiger partial charge in [0.1, 0.15) is 0 Å². The van der Waals surface area contributed by atoms with Gasteiger partial charge in [-0.25, -0.2) is 8.42 Å². The van der Waals surface area contributed by atoms with Gasteiger partial charge < -0.3 is 4.90 Å². The van der Waals surface area contributed by atoms with Crippen molar-refractivity contribution < 1.29 is 13.2 Å². The van der Waals surface area contributed by atoms with Crippen molar-refractivity contribution in [3.05, 3.63) is 29.8 Å². The Morgan fingerprint density at radius 1 is 1.12 bits per heavy atom. The Morgan fingerprint density at radius 2 is 1.83 bits per heavy atom. The predicted octanol–water partition coefficient (Wildman–Crippen LogP) is 2.18. The van der Waals surface area contributed by atoms with Gasteiger partial charge in [-0.15, -0.1) is 0 Å². The molecule has 2 aliphatic heterocycles. The summed E-state index contributed by atoms with van der Waals surface area (Å²) >= 11 is 0. The quantitative estimate of drug-likeness (QED) is 0.835. The number of rotatable bonds is 4. The molecule has 0 aliphatic carbocycles. The predicted molar refractivity (Wildman–Crippen MR) is 93.9 cm³/mol. The van der Waals surface area contributed by atoms with Crippen molar-refractivity contribution in [1.82, 2.24) is 9.80 Å². The summed E-state index contributed by atoms with van der Waals surface area (Å²) in [7, 11) is -3.40. The van der Waals surface area contributed by atoms with Gasteiger partial charge in [0, 0.05) is 19.1 Å². The highest BCUT2D eigenvalue weighted by atomic mass is 32.2. The number of amides is 1. The molecule has 1 aromatic carbocycles. The van der Waals surface area contributed by atoms with Gasteiger partial charge in [0.05, 0.1) is 16.2 Å². The number of likely N-dealkylation sites (tertiary alicyclic amines) is 2. The van der Waals surface area contributed by atoms with Crippen LogP contribution in [0.15, 0.2) is 29.2 Å². The molecule has 1 atom stereocenters. The summed E-state index contributed by atoms with van der Waals surface area (Å²) in [4.78, 5) is 17.5. The van der Waals surface area contributed by atoms with Gasteiger partial charge in [-0.05, 0) is 50.9 Å². The Balaban J connectivity index is 1.81. The van der Waals surface area contributed by atoms with Crippen molar-refractivity contribution in [3.63, 3.8) is 0 Å². The fraction of sp³-hybridized carbons (Fsp3) is 0.611. The van der Waals surface area contributed by atoms with Gasteiger partial charge in [-0.2, -0.15) is 0 Å². The second kappa shape index (κ2) is 7.23. The molecule has 0 bridgehead atoms. The molecule has 132 valence electrons. The van der Waals surface area contributed by atoms with Crippen LogP contribution in [0.3, 0.4) is 0 Å². The number of benzene rings is 1. The minimum absolute atomic E-state index is 0.00764. The highest BCUT2D eigenvalue weighted by Gasteiger charge is 2.31. The Kier molecular flexibility index (Phi) is 5.25. The third-order valence-electron chi connectivity index (χ3n) is 5.17. The third kappa shape index (κ3) is 3.49. The molecule has 2 fully saturated rings. The molecule has 3 rings (SSSR count). The van der Waals surface area contributed by atoms with E-state index in [1.807, 2.05) is 4.90 Å². The number of carbonyl (C=O) groups is 1. The molecule has 0 saturated carbocycles. The van der Waals surface area contributed by atoms with Crippen molar-refractivity contribution in [2.24, 2.45) is 0 Å². The van der Waals surface area contributed by atoms with Crippen molar-refractivity contribution in [3.8, 4) is 0 Å². The maximum Gasteiger partial charge on any atom is 0.255 e. The number of nitrogens with zero attached hydrogens (tertiary/aromatic N) is 2. The lowest BCUT2D eigenvalue weighted by molar-refractivity contribution is 0.0604. The molecule has 0 N–H and O–H groups in total. The maximum atomic E-state index is 13.0.